The summed E-state index contributed by atoms with van der Waals surface area (Å²) in [5.74, 6) is 0.787. The molecule has 2 aliphatic rings. The van der Waals surface area contributed by atoms with E-state index in [4.69, 9.17) is 4.74 Å². The lowest BCUT2D eigenvalue weighted by Crippen LogP contribution is -2.54. The van der Waals surface area contributed by atoms with Gasteiger partial charge in [0.15, 0.2) is 0 Å². The lowest BCUT2D eigenvalue weighted by Gasteiger charge is -2.41. The van der Waals surface area contributed by atoms with Crippen LogP contribution in [0.15, 0.2) is 29.2 Å². The average Bonchev–Trinajstić information content (AvgIpc) is 2.68. The third-order valence-electron chi connectivity index (χ3n) is 5.87. The standard InChI is InChI=1S/C20H31N3O4S/c1-16-5-4-6-17(2)23(16)20(24)15-21-11-13-22(14-12-21)28(25,26)19-9-7-18(27-3)8-10-19/h7-10,16-17H,4-6,11-15H2,1-3H3/t16-,17-/m1/s1. The number of methoxy groups -OCH3 is 1. The number of rotatable bonds is 5. The molecule has 0 spiro atoms. The molecule has 3 rings (SSSR count). The Morgan fingerprint density at radius 3 is 2.14 bits per heavy atom. The summed E-state index contributed by atoms with van der Waals surface area (Å²) in [6.07, 6.45) is 3.29. The highest BCUT2D eigenvalue weighted by molar-refractivity contribution is 7.89. The predicted molar refractivity (Wildman–Crippen MR) is 108 cm³/mol. The first-order chi connectivity index (χ1) is 13.3. The molecule has 0 N–H and O–H groups in total. The van der Waals surface area contributed by atoms with Crippen LogP contribution in [0.3, 0.4) is 0 Å². The number of benzene rings is 1. The van der Waals surface area contributed by atoms with E-state index in [1.807, 2.05) is 4.90 Å². The number of piperazine rings is 1. The summed E-state index contributed by atoms with van der Waals surface area (Å²) in [6.45, 7) is 6.53. The molecule has 0 bridgehead atoms. The van der Waals surface area contributed by atoms with Crippen LogP contribution < -0.4 is 4.74 Å². The molecule has 0 aliphatic carbocycles. The van der Waals surface area contributed by atoms with Crippen LogP contribution >= 0.6 is 0 Å². The summed E-state index contributed by atoms with van der Waals surface area (Å²) in [5.41, 5.74) is 0. The quantitative estimate of drug-likeness (QED) is 0.742. The Kier molecular flexibility index (Phi) is 6.62. The van der Waals surface area contributed by atoms with Gasteiger partial charge in [-0.2, -0.15) is 4.31 Å². The number of hydrogen-bond acceptors (Lipinski definition) is 5. The smallest absolute Gasteiger partial charge is 0.243 e. The largest absolute Gasteiger partial charge is 0.497 e. The third-order valence-corrected chi connectivity index (χ3v) is 7.78. The number of carbonyl (C=O) groups excluding carboxylic acids is 1. The van der Waals surface area contributed by atoms with Crippen molar-refractivity contribution in [2.24, 2.45) is 0 Å². The first kappa shape index (κ1) is 21.1. The Balaban J connectivity index is 1.57. The molecule has 2 aliphatic heterocycles. The first-order valence-corrected chi connectivity index (χ1v) is 11.4. The van der Waals surface area contributed by atoms with Crippen molar-refractivity contribution in [2.45, 2.75) is 50.1 Å². The number of nitrogens with zero attached hydrogens (tertiary/aromatic N) is 3. The molecule has 1 aromatic rings. The maximum atomic E-state index is 12.8. The number of likely N-dealkylation sites (tertiary alicyclic amines) is 1. The van der Waals surface area contributed by atoms with Gasteiger partial charge in [0.25, 0.3) is 0 Å². The Labute approximate surface area is 168 Å². The summed E-state index contributed by atoms with van der Waals surface area (Å²) in [4.78, 5) is 17.1. The van der Waals surface area contributed by atoms with Crippen molar-refractivity contribution >= 4 is 15.9 Å². The average molecular weight is 410 g/mol. The van der Waals surface area contributed by atoms with Crippen LogP contribution in [-0.4, -0.2) is 80.3 Å². The Hall–Kier alpha value is -1.64. The zero-order valence-electron chi connectivity index (χ0n) is 17.0. The number of ether oxygens (including phenoxy) is 1. The predicted octanol–water partition coefficient (Wildman–Crippen LogP) is 1.79. The van der Waals surface area contributed by atoms with Crippen molar-refractivity contribution in [3.63, 3.8) is 0 Å². The Morgan fingerprint density at radius 2 is 1.61 bits per heavy atom. The highest BCUT2D eigenvalue weighted by atomic mass is 32.2. The van der Waals surface area contributed by atoms with Gasteiger partial charge in [0.05, 0.1) is 18.6 Å². The molecule has 8 heteroatoms. The summed E-state index contributed by atoms with van der Waals surface area (Å²) in [6, 6.07) is 7.03. The topological polar surface area (TPSA) is 70.2 Å². The summed E-state index contributed by atoms with van der Waals surface area (Å²) < 4.78 is 32.3. The van der Waals surface area contributed by atoms with Gasteiger partial charge >= 0.3 is 0 Å². The maximum Gasteiger partial charge on any atom is 0.243 e. The van der Waals surface area contributed by atoms with Crippen molar-refractivity contribution < 1.29 is 17.9 Å². The van der Waals surface area contributed by atoms with E-state index in [-0.39, 0.29) is 22.9 Å². The second kappa shape index (κ2) is 8.80. The molecular formula is C20H31N3O4S. The van der Waals surface area contributed by atoms with Crippen LogP contribution in [0.4, 0.5) is 0 Å². The molecule has 156 valence electrons. The fourth-order valence-electron chi connectivity index (χ4n) is 4.21. The minimum Gasteiger partial charge on any atom is -0.497 e. The van der Waals surface area contributed by atoms with E-state index in [1.165, 1.54) is 10.7 Å². The van der Waals surface area contributed by atoms with Crippen LogP contribution in [0.5, 0.6) is 5.75 Å². The van der Waals surface area contributed by atoms with Gasteiger partial charge in [-0.3, -0.25) is 9.69 Å². The van der Waals surface area contributed by atoms with Crippen LogP contribution in [0.1, 0.15) is 33.1 Å². The zero-order chi connectivity index (χ0) is 20.3. The molecule has 0 saturated carbocycles. The van der Waals surface area contributed by atoms with Gasteiger partial charge in [0, 0.05) is 38.3 Å². The summed E-state index contributed by atoms with van der Waals surface area (Å²) in [5, 5.41) is 0. The molecular weight excluding hydrogens is 378 g/mol. The second-order valence-electron chi connectivity index (χ2n) is 7.79. The van der Waals surface area contributed by atoms with E-state index >= 15 is 0 Å². The molecule has 2 saturated heterocycles. The molecule has 2 atom stereocenters. The number of piperidine rings is 1. The molecule has 2 heterocycles. The number of hydrogen-bond donors (Lipinski definition) is 0. The SMILES string of the molecule is COc1ccc(S(=O)(=O)N2CCN(CC(=O)N3[C@H](C)CCC[C@H]3C)CC2)cc1. The maximum absolute atomic E-state index is 12.8. The van der Waals surface area contributed by atoms with E-state index in [1.54, 1.807) is 31.4 Å². The second-order valence-corrected chi connectivity index (χ2v) is 9.72. The van der Waals surface area contributed by atoms with Crippen molar-refractivity contribution in [1.29, 1.82) is 0 Å². The minimum atomic E-state index is -3.52. The molecule has 0 radical (unpaired) electrons. The van der Waals surface area contributed by atoms with Gasteiger partial charge < -0.3 is 9.64 Å². The monoisotopic (exact) mass is 409 g/mol. The Morgan fingerprint density at radius 1 is 1.04 bits per heavy atom. The molecule has 7 nitrogen and oxygen atoms in total. The fourth-order valence-corrected chi connectivity index (χ4v) is 5.63. The van der Waals surface area contributed by atoms with Gasteiger partial charge in [-0.15, -0.1) is 0 Å². The molecule has 1 amide bonds. The van der Waals surface area contributed by atoms with Crippen molar-refractivity contribution in [2.75, 3.05) is 39.8 Å². The summed E-state index contributed by atoms with van der Waals surface area (Å²) in [7, 11) is -1.97. The zero-order valence-corrected chi connectivity index (χ0v) is 17.8. The van der Waals surface area contributed by atoms with Crippen LogP contribution in [-0.2, 0) is 14.8 Å². The van der Waals surface area contributed by atoms with E-state index in [0.29, 0.717) is 38.5 Å². The first-order valence-electron chi connectivity index (χ1n) is 10.0. The van der Waals surface area contributed by atoms with Crippen molar-refractivity contribution in [3.8, 4) is 5.75 Å². The lowest BCUT2D eigenvalue weighted by atomic mass is 9.97. The van der Waals surface area contributed by atoms with Gasteiger partial charge in [-0.25, -0.2) is 8.42 Å². The van der Waals surface area contributed by atoms with E-state index in [2.05, 4.69) is 18.7 Å². The van der Waals surface area contributed by atoms with Crippen LogP contribution in [0, 0.1) is 0 Å². The normalized spacial score (nSPS) is 24.9. The summed E-state index contributed by atoms with van der Waals surface area (Å²) >= 11 is 0. The number of carbonyl (C=O) groups is 1. The Bertz CT molecular complexity index is 763. The third kappa shape index (κ3) is 4.50. The van der Waals surface area contributed by atoms with Crippen molar-refractivity contribution in [3.05, 3.63) is 24.3 Å². The van der Waals surface area contributed by atoms with Crippen LogP contribution in [0.25, 0.3) is 0 Å². The highest BCUT2D eigenvalue weighted by Crippen LogP contribution is 2.24. The number of amides is 1. The van der Waals surface area contributed by atoms with Gasteiger partial charge in [0.2, 0.25) is 15.9 Å². The molecule has 1 aromatic carbocycles. The van der Waals surface area contributed by atoms with Gasteiger partial charge in [0.1, 0.15) is 5.75 Å². The highest BCUT2D eigenvalue weighted by Gasteiger charge is 2.32. The molecule has 28 heavy (non-hydrogen) atoms. The van der Waals surface area contributed by atoms with Gasteiger partial charge in [-0.05, 0) is 57.4 Å². The van der Waals surface area contributed by atoms with E-state index < -0.39 is 10.0 Å². The van der Waals surface area contributed by atoms with E-state index in [9.17, 15) is 13.2 Å². The van der Waals surface area contributed by atoms with Crippen molar-refractivity contribution in [1.82, 2.24) is 14.1 Å². The fraction of sp³-hybridized carbons (Fsp3) is 0.650. The number of sulfonamides is 1. The van der Waals surface area contributed by atoms with Crippen LogP contribution in [0.2, 0.25) is 0 Å². The molecule has 0 unspecified atom stereocenters. The molecule has 0 aromatic heterocycles. The lowest BCUT2D eigenvalue weighted by molar-refractivity contribution is -0.138. The van der Waals surface area contributed by atoms with E-state index in [0.717, 1.165) is 12.8 Å². The van der Waals surface area contributed by atoms with Gasteiger partial charge in [-0.1, -0.05) is 0 Å². The minimum absolute atomic E-state index is 0.158. The molecule has 2 fully saturated rings.